The number of piperidine rings is 1. The average molecular weight is 493 g/mol. The highest BCUT2D eigenvalue weighted by Gasteiger charge is 2.36. The van der Waals surface area contributed by atoms with Crippen LogP contribution >= 0.6 is 11.3 Å². The molecule has 2 aromatic heterocycles. The van der Waals surface area contributed by atoms with Gasteiger partial charge in [-0.1, -0.05) is 30.8 Å². The number of aryl methyl sites for hydroxylation is 1. The number of nitrogens with one attached hydrogen (secondary N) is 1. The second kappa shape index (κ2) is 9.46. The number of hydrogen-bond donors (Lipinski definition) is 1. The lowest BCUT2D eigenvalue weighted by Gasteiger charge is -2.32. The summed E-state index contributed by atoms with van der Waals surface area (Å²) in [7, 11) is -3.70. The van der Waals surface area contributed by atoms with E-state index in [4.69, 9.17) is 4.52 Å². The van der Waals surface area contributed by atoms with Gasteiger partial charge in [-0.25, -0.2) is 8.42 Å². The molecule has 1 atom stereocenters. The van der Waals surface area contributed by atoms with Gasteiger partial charge in [0.2, 0.25) is 27.6 Å². The minimum atomic E-state index is -3.70. The molecule has 0 bridgehead atoms. The smallest absolute Gasteiger partial charge is 0.244 e. The highest BCUT2D eigenvalue weighted by molar-refractivity contribution is 7.89. The maximum atomic E-state index is 13.5. The van der Waals surface area contributed by atoms with Gasteiger partial charge in [0.25, 0.3) is 0 Å². The molecule has 10 heteroatoms. The number of sulfonamides is 1. The number of aromatic nitrogens is 2. The van der Waals surface area contributed by atoms with Crippen LogP contribution in [0.15, 0.2) is 15.5 Å². The first kappa shape index (κ1) is 23.0. The molecule has 2 aromatic rings. The number of thiophene rings is 1. The molecule has 1 saturated heterocycles. The summed E-state index contributed by atoms with van der Waals surface area (Å²) >= 11 is 1.37. The number of nitrogens with zero attached hydrogens (tertiary/aromatic N) is 3. The highest BCUT2D eigenvalue weighted by atomic mass is 32.2. The zero-order valence-electron chi connectivity index (χ0n) is 19.1. The molecule has 0 spiro atoms. The standard InChI is InChI=1S/C23H32N4O4S2/c1-15-20(13-19(32-15)21-25-23(31-26-21)16-7-5-8-16)33(29,30)27-12-6-9-17(14-27)22(28)24-18-10-3-2-4-11-18/h13,16-18H,2-12,14H2,1H3,(H,24,28). The molecule has 3 heterocycles. The Bertz CT molecular complexity index is 1100. The Morgan fingerprint density at radius 2 is 1.91 bits per heavy atom. The summed E-state index contributed by atoms with van der Waals surface area (Å²) in [6.45, 7) is 2.49. The van der Waals surface area contributed by atoms with Gasteiger partial charge in [0.1, 0.15) is 0 Å². The van der Waals surface area contributed by atoms with E-state index in [0.29, 0.717) is 40.4 Å². The molecule has 1 amide bonds. The van der Waals surface area contributed by atoms with E-state index in [0.717, 1.165) is 44.9 Å². The van der Waals surface area contributed by atoms with Crippen molar-refractivity contribution in [3.63, 3.8) is 0 Å². The van der Waals surface area contributed by atoms with Crippen molar-refractivity contribution >= 4 is 27.3 Å². The van der Waals surface area contributed by atoms with Gasteiger partial charge in [-0.2, -0.15) is 9.29 Å². The Labute approximate surface area is 199 Å². The zero-order chi connectivity index (χ0) is 23.0. The quantitative estimate of drug-likeness (QED) is 0.647. The molecule has 8 nitrogen and oxygen atoms in total. The molecule has 1 N–H and O–H groups in total. The molecule has 0 aromatic carbocycles. The third-order valence-electron chi connectivity index (χ3n) is 7.31. The SMILES string of the molecule is Cc1sc(-c2noc(C3CCC3)n2)cc1S(=O)(=O)N1CCCC(C(=O)NC2CCCCC2)C1. The van der Waals surface area contributed by atoms with Crippen molar-refractivity contribution in [2.75, 3.05) is 13.1 Å². The molecular weight excluding hydrogens is 460 g/mol. The van der Waals surface area contributed by atoms with Gasteiger partial charge >= 0.3 is 0 Å². The lowest BCUT2D eigenvalue weighted by Crippen LogP contribution is -2.47. The van der Waals surface area contributed by atoms with E-state index in [2.05, 4.69) is 15.5 Å². The molecule has 33 heavy (non-hydrogen) atoms. The first-order chi connectivity index (χ1) is 15.9. The van der Waals surface area contributed by atoms with E-state index in [1.165, 1.54) is 28.5 Å². The average Bonchev–Trinajstić information content (AvgIpc) is 3.40. The minimum absolute atomic E-state index is 0.000138. The van der Waals surface area contributed by atoms with Crippen molar-refractivity contribution in [3.8, 4) is 10.7 Å². The summed E-state index contributed by atoms with van der Waals surface area (Å²) in [6.07, 6.45) is 10.3. The van der Waals surface area contributed by atoms with Crippen molar-refractivity contribution in [1.29, 1.82) is 0 Å². The number of amides is 1. The maximum absolute atomic E-state index is 13.5. The Kier molecular flexibility index (Phi) is 6.59. The predicted octanol–water partition coefficient (Wildman–Crippen LogP) is 4.22. The van der Waals surface area contributed by atoms with E-state index in [1.54, 1.807) is 6.07 Å². The first-order valence-electron chi connectivity index (χ1n) is 12.2. The van der Waals surface area contributed by atoms with Gasteiger partial charge < -0.3 is 9.84 Å². The summed E-state index contributed by atoms with van der Waals surface area (Å²) in [5.74, 6) is 1.14. The molecule has 1 unspecified atom stereocenters. The normalized spacial score (nSPS) is 23.4. The van der Waals surface area contributed by atoms with Crippen LogP contribution in [0.2, 0.25) is 0 Å². The van der Waals surface area contributed by atoms with Crippen molar-refractivity contribution in [3.05, 3.63) is 16.8 Å². The molecule has 5 rings (SSSR count). The lowest BCUT2D eigenvalue weighted by atomic mass is 9.85. The summed E-state index contributed by atoms with van der Waals surface area (Å²) in [6, 6.07) is 1.90. The highest BCUT2D eigenvalue weighted by Crippen LogP contribution is 2.38. The monoisotopic (exact) mass is 492 g/mol. The maximum Gasteiger partial charge on any atom is 0.244 e. The second-order valence-corrected chi connectivity index (χ2v) is 12.8. The Morgan fingerprint density at radius 1 is 1.12 bits per heavy atom. The second-order valence-electron chi connectivity index (χ2n) is 9.66. The summed E-state index contributed by atoms with van der Waals surface area (Å²) in [4.78, 5) is 19.1. The fourth-order valence-corrected chi connectivity index (χ4v) is 8.08. The molecule has 1 aliphatic heterocycles. The third-order valence-corrected chi connectivity index (χ3v) is 10.5. The van der Waals surface area contributed by atoms with Crippen LogP contribution in [0.5, 0.6) is 0 Å². The largest absolute Gasteiger partial charge is 0.353 e. The van der Waals surface area contributed by atoms with Crippen LogP contribution in [0.4, 0.5) is 0 Å². The molecule has 0 radical (unpaired) electrons. The van der Waals surface area contributed by atoms with E-state index in [1.807, 2.05) is 6.92 Å². The van der Waals surface area contributed by atoms with E-state index in [9.17, 15) is 13.2 Å². The summed E-state index contributed by atoms with van der Waals surface area (Å²) in [5, 5.41) is 7.26. The van der Waals surface area contributed by atoms with Crippen molar-refractivity contribution in [2.45, 2.75) is 88.0 Å². The van der Waals surface area contributed by atoms with Crippen LogP contribution in [0.1, 0.15) is 80.9 Å². The topological polar surface area (TPSA) is 105 Å². The molecule has 3 aliphatic rings. The van der Waals surface area contributed by atoms with E-state index in [-0.39, 0.29) is 29.3 Å². The molecule has 3 fully saturated rings. The number of rotatable bonds is 6. The Hall–Kier alpha value is -1.78. The fourth-order valence-electron chi connectivity index (χ4n) is 5.07. The molecule has 2 saturated carbocycles. The van der Waals surface area contributed by atoms with Gasteiger partial charge in [-0.3, -0.25) is 4.79 Å². The number of carbonyl (C=O) groups excluding carboxylic acids is 1. The lowest BCUT2D eigenvalue weighted by molar-refractivity contribution is -0.127. The van der Waals surface area contributed by atoms with E-state index < -0.39 is 10.0 Å². The van der Waals surface area contributed by atoms with Crippen LogP contribution in [0.25, 0.3) is 10.7 Å². The van der Waals surface area contributed by atoms with Gasteiger partial charge in [-0.05, 0) is 51.5 Å². The molecule has 180 valence electrons. The van der Waals surface area contributed by atoms with Crippen LogP contribution in [0, 0.1) is 12.8 Å². The number of hydrogen-bond acceptors (Lipinski definition) is 7. The third kappa shape index (κ3) is 4.74. The Balaban J connectivity index is 1.29. The van der Waals surface area contributed by atoms with Gasteiger partial charge in [0.15, 0.2) is 0 Å². The predicted molar refractivity (Wildman–Crippen MR) is 125 cm³/mol. The van der Waals surface area contributed by atoms with E-state index >= 15 is 0 Å². The first-order valence-corrected chi connectivity index (χ1v) is 14.4. The van der Waals surface area contributed by atoms with Crippen LogP contribution < -0.4 is 5.32 Å². The van der Waals surface area contributed by atoms with Crippen molar-refractivity contribution in [2.24, 2.45) is 5.92 Å². The van der Waals surface area contributed by atoms with Crippen molar-refractivity contribution in [1.82, 2.24) is 19.8 Å². The summed E-state index contributed by atoms with van der Waals surface area (Å²) in [5.41, 5.74) is 0. The van der Waals surface area contributed by atoms with Gasteiger partial charge in [0, 0.05) is 29.9 Å². The zero-order valence-corrected chi connectivity index (χ0v) is 20.7. The minimum Gasteiger partial charge on any atom is -0.353 e. The molecule has 2 aliphatic carbocycles. The van der Waals surface area contributed by atoms with Gasteiger partial charge in [0.05, 0.1) is 15.7 Å². The van der Waals surface area contributed by atoms with Crippen molar-refractivity contribution < 1.29 is 17.7 Å². The fraction of sp³-hybridized carbons (Fsp3) is 0.696. The number of carbonyl (C=O) groups is 1. The van der Waals surface area contributed by atoms with Crippen LogP contribution in [-0.4, -0.2) is 47.9 Å². The molecular formula is C23H32N4O4S2. The van der Waals surface area contributed by atoms with Gasteiger partial charge in [-0.15, -0.1) is 11.3 Å². The van der Waals surface area contributed by atoms with Crippen LogP contribution in [0.3, 0.4) is 0 Å². The Morgan fingerprint density at radius 3 is 2.64 bits per heavy atom. The van der Waals surface area contributed by atoms with Crippen LogP contribution in [-0.2, 0) is 14.8 Å². The summed E-state index contributed by atoms with van der Waals surface area (Å²) < 4.78 is 33.9.